The molecule has 0 aliphatic rings. The van der Waals surface area contributed by atoms with Crippen molar-refractivity contribution in [1.82, 2.24) is 5.32 Å². The normalized spacial score (nSPS) is 14.1. The van der Waals surface area contributed by atoms with Gasteiger partial charge >= 0.3 is 0 Å². The van der Waals surface area contributed by atoms with E-state index in [-0.39, 0.29) is 0 Å². The van der Waals surface area contributed by atoms with Crippen molar-refractivity contribution in [3.8, 4) is 46.0 Å². The van der Waals surface area contributed by atoms with E-state index in [4.69, 9.17) is 0 Å². The van der Waals surface area contributed by atoms with Gasteiger partial charge in [-0.15, -0.1) is 0 Å². The molecule has 0 amide bonds. The number of phenols is 7. The summed E-state index contributed by atoms with van der Waals surface area (Å²) in [5.74, 6) is -19.1. The summed E-state index contributed by atoms with van der Waals surface area (Å²) < 4.78 is 4.62. The first kappa shape index (κ1) is 24.1. The summed E-state index contributed by atoms with van der Waals surface area (Å²) in [6.07, 6.45) is -3.16. The Morgan fingerprint density at radius 3 is 1.45 bits per heavy atom. The summed E-state index contributed by atoms with van der Waals surface area (Å²) in [6.45, 7) is 1.90. The lowest BCUT2D eigenvalue weighted by Crippen LogP contribution is -2.72. The third kappa shape index (κ3) is 3.81. The van der Waals surface area contributed by atoms with Crippen LogP contribution in [0.15, 0.2) is 0 Å². The van der Waals surface area contributed by atoms with Crippen LogP contribution in [-0.4, -0.2) is 90.1 Å². The van der Waals surface area contributed by atoms with Crippen molar-refractivity contribution in [3.63, 3.8) is 0 Å². The van der Waals surface area contributed by atoms with Crippen molar-refractivity contribution in [3.05, 3.63) is 0 Å². The summed E-state index contributed by atoms with van der Waals surface area (Å²) in [6, 6.07) is 0. The van der Waals surface area contributed by atoms with Gasteiger partial charge in [0.15, 0.2) is 23.0 Å². The number of nitrogens with one attached hydrogen (secondary N) is 1. The predicted octanol–water partition coefficient (Wildman–Crippen LogP) is -2.89. The molecule has 0 bridgehead atoms. The number of aromatic hydroxyl groups is 7. The molecule has 15 heteroatoms. The third-order valence-corrected chi connectivity index (χ3v) is 4.09. The van der Waals surface area contributed by atoms with Crippen LogP contribution in [0, 0.1) is 0 Å². The Morgan fingerprint density at radius 1 is 0.645 bits per heavy atom. The summed E-state index contributed by atoms with van der Waals surface area (Å²) in [7, 11) is 0. The van der Waals surface area contributed by atoms with E-state index in [1.54, 1.807) is 0 Å². The Morgan fingerprint density at radius 2 is 1.03 bits per heavy atom. The van der Waals surface area contributed by atoms with Crippen LogP contribution < -0.4 is 10.1 Å². The quantitative estimate of drug-likeness (QED) is 0.119. The zero-order valence-electron chi connectivity index (χ0n) is 15.8. The van der Waals surface area contributed by atoms with E-state index in [9.17, 15) is 66.4 Å². The molecular weight excluding hydrogens is 430 g/mol. The van der Waals surface area contributed by atoms with Crippen LogP contribution >= 0.6 is 0 Å². The number of fused-ring (bicyclic) bond motifs is 1. The Labute approximate surface area is 171 Å². The summed E-state index contributed by atoms with van der Waals surface area (Å²) in [5.41, 5.74) is -2.15. The van der Waals surface area contributed by atoms with E-state index < -0.39 is 80.5 Å². The number of hydrogen-bond donors (Lipinski definition) is 14. The number of aliphatic hydroxyl groups excluding tert-OH is 1. The van der Waals surface area contributed by atoms with Crippen LogP contribution in [-0.2, 0) is 0 Å². The molecule has 0 heterocycles. The molecule has 2 rings (SSSR count). The van der Waals surface area contributed by atoms with E-state index >= 15 is 0 Å². The van der Waals surface area contributed by atoms with Gasteiger partial charge in [-0.1, -0.05) is 0 Å². The van der Waals surface area contributed by atoms with Crippen LogP contribution in [0.4, 0.5) is 0 Å². The lowest BCUT2D eigenvalue weighted by molar-refractivity contribution is -0.426. The van der Waals surface area contributed by atoms with Gasteiger partial charge in [-0.2, -0.15) is 0 Å². The minimum absolute atomic E-state index is 0.949. The fourth-order valence-corrected chi connectivity index (χ4v) is 2.61. The minimum atomic E-state index is -4.10. The maximum Gasteiger partial charge on any atom is 0.298 e. The molecule has 1 unspecified atom stereocenters. The monoisotopic (exact) mass is 451 g/mol. The van der Waals surface area contributed by atoms with E-state index in [2.05, 4.69) is 4.74 Å². The first-order valence-electron chi connectivity index (χ1n) is 8.17. The highest BCUT2D eigenvalue weighted by molar-refractivity contribution is 6.08. The summed E-state index contributed by atoms with van der Waals surface area (Å²) in [4.78, 5) is 0. The van der Waals surface area contributed by atoms with E-state index in [1.165, 1.54) is 5.32 Å². The molecule has 0 aliphatic carbocycles. The molecule has 0 aliphatic heterocycles. The van der Waals surface area contributed by atoms with Gasteiger partial charge < -0.3 is 71.1 Å². The SMILES string of the molecule is CC(C)(O)NC(O)(O)C(O)(O)C(O)Oc1c(O)c(O)c(O)c2c(O)c(O)c(O)c(O)c12. The molecular formula is C16H21NO14. The van der Waals surface area contributed by atoms with Gasteiger partial charge in [0.25, 0.3) is 18.0 Å². The number of ether oxygens (including phenoxy) is 1. The summed E-state index contributed by atoms with van der Waals surface area (Å²) in [5, 5.41) is 128. The average molecular weight is 451 g/mol. The smallest absolute Gasteiger partial charge is 0.298 e. The van der Waals surface area contributed by atoms with Crippen LogP contribution in [0.25, 0.3) is 10.8 Å². The van der Waals surface area contributed by atoms with Gasteiger partial charge in [0.05, 0.1) is 10.8 Å². The molecule has 2 aromatic rings. The average Bonchev–Trinajstić information content (AvgIpc) is 2.62. The Bertz CT molecular complexity index is 1020. The fourth-order valence-electron chi connectivity index (χ4n) is 2.61. The molecule has 31 heavy (non-hydrogen) atoms. The molecule has 174 valence electrons. The Kier molecular flexibility index (Phi) is 5.60. The van der Waals surface area contributed by atoms with Crippen molar-refractivity contribution in [1.29, 1.82) is 0 Å². The molecule has 0 radical (unpaired) electrons. The second-order valence-electron chi connectivity index (χ2n) is 7.07. The molecule has 2 aromatic carbocycles. The number of rotatable bonds is 6. The molecule has 0 aromatic heterocycles. The third-order valence-electron chi connectivity index (χ3n) is 4.09. The molecule has 14 N–H and O–H groups in total. The second kappa shape index (κ2) is 7.20. The zero-order chi connectivity index (χ0) is 24.3. The highest BCUT2D eigenvalue weighted by Crippen LogP contribution is 2.59. The predicted molar refractivity (Wildman–Crippen MR) is 96.0 cm³/mol. The number of benzene rings is 2. The minimum Gasteiger partial charge on any atom is -0.504 e. The standard InChI is InChI=1S/C16H21NO14/c1-14(2,26)17-16(29,30)15(27,28)13(25)31-12-4-3(6(19)10(23)11(12)24)5(18)8(21)9(22)7(4)20/h13,17-30H,1-2H3. The second-order valence-corrected chi connectivity index (χ2v) is 7.07. The molecule has 0 saturated heterocycles. The van der Waals surface area contributed by atoms with Crippen LogP contribution in [0.1, 0.15) is 13.8 Å². The van der Waals surface area contributed by atoms with Gasteiger partial charge in [-0.3, -0.25) is 0 Å². The first-order valence-corrected chi connectivity index (χ1v) is 8.17. The van der Waals surface area contributed by atoms with Crippen molar-refractivity contribution in [2.24, 2.45) is 0 Å². The van der Waals surface area contributed by atoms with Gasteiger partial charge in [0.1, 0.15) is 5.72 Å². The van der Waals surface area contributed by atoms with Gasteiger partial charge in [0.2, 0.25) is 23.0 Å². The number of hydrogen-bond acceptors (Lipinski definition) is 15. The lowest BCUT2D eigenvalue weighted by atomic mass is 10.0. The fraction of sp³-hybridized carbons (Fsp3) is 0.375. The molecule has 1 atom stereocenters. The van der Waals surface area contributed by atoms with Crippen LogP contribution in [0.2, 0.25) is 0 Å². The van der Waals surface area contributed by atoms with Crippen molar-refractivity contribution < 1.29 is 71.1 Å². The maximum atomic E-state index is 10.1. The molecule has 15 nitrogen and oxygen atoms in total. The molecule has 0 saturated carbocycles. The highest BCUT2D eigenvalue weighted by atomic mass is 16.7. The zero-order valence-corrected chi connectivity index (χ0v) is 15.8. The van der Waals surface area contributed by atoms with Crippen molar-refractivity contribution in [2.45, 2.75) is 37.6 Å². The number of aliphatic hydroxyl groups is 6. The molecule has 0 fully saturated rings. The number of phenolic OH excluding ortho intramolecular Hbond substituents is 7. The Hall–Kier alpha value is -3.18. The van der Waals surface area contributed by atoms with Crippen molar-refractivity contribution >= 4 is 10.8 Å². The largest absolute Gasteiger partial charge is 0.504 e. The van der Waals surface area contributed by atoms with Gasteiger partial charge in [-0.05, 0) is 13.8 Å². The maximum absolute atomic E-state index is 10.1. The van der Waals surface area contributed by atoms with E-state index in [0.29, 0.717) is 0 Å². The van der Waals surface area contributed by atoms with Crippen LogP contribution in [0.3, 0.4) is 0 Å². The van der Waals surface area contributed by atoms with Gasteiger partial charge in [0, 0.05) is 0 Å². The van der Waals surface area contributed by atoms with Gasteiger partial charge in [-0.25, -0.2) is 5.32 Å². The van der Waals surface area contributed by atoms with E-state index in [0.717, 1.165) is 13.8 Å². The first-order chi connectivity index (χ1) is 13.8. The van der Waals surface area contributed by atoms with E-state index in [1.807, 2.05) is 0 Å². The molecule has 0 spiro atoms. The summed E-state index contributed by atoms with van der Waals surface area (Å²) >= 11 is 0. The topological polar surface area (TPSA) is 284 Å². The highest BCUT2D eigenvalue weighted by Gasteiger charge is 2.57. The van der Waals surface area contributed by atoms with Crippen molar-refractivity contribution in [2.75, 3.05) is 0 Å². The Balaban J connectivity index is 2.72. The lowest BCUT2D eigenvalue weighted by Gasteiger charge is -2.40. The van der Waals surface area contributed by atoms with Crippen LogP contribution in [0.5, 0.6) is 46.0 Å².